The number of rotatable bonds is 4. The maximum atomic E-state index is 4.29. The van der Waals surface area contributed by atoms with Crippen LogP contribution in [0, 0.1) is 0 Å². The Morgan fingerprint density at radius 3 is 2.65 bits per heavy atom. The second-order valence-electron chi connectivity index (χ2n) is 4.95. The van der Waals surface area contributed by atoms with Crippen molar-refractivity contribution in [2.75, 3.05) is 24.3 Å². The first-order valence-corrected chi connectivity index (χ1v) is 7.44. The lowest BCUT2D eigenvalue weighted by molar-refractivity contribution is 1.11. The molecule has 0 aliphatic carbocycles. The van der Waals surface area contributed by atoms with Crippen LogP contribution in [0.5, 0.6) is 0 Å². The smallest absolute Gasteiger partial charge is 0.0813 e. The van der Waals surface area contributed by atoms with Crippen LogP contribution in [-0.2, 0) is 6.54 Å². The van der Waals surface area contributed by atoms with Gasteiger partial charge >= 0.3 is 0 Å². The summed E-state index contributed by atoms with van der Waals surface area (Å²) in [6, 6.07) is 14.9. The fourth-order valence-electron chi connectivity index (χ4n) is 2.08. The second kappa shape index (κ2) is 5.51. The maximum absolute atomic E-state index is 4.29. The summed E-state index contributed by atoms with van der Waals surface area (Å²) in [6.45, 7) is 0.831. The van der Waals surface area contributed by atoms with Crippen LogP contribution >= 0.6 is 11.3 Å². The van der Waals surface area contributed by atoms with E-state index in [4.69, 9.17) is 0 Å². The Bertz CT molecular complexity index is 701. The monoisotopic (exact) mass is 283 g/mol. The number of aromatic nitrogens is 1. The molecule has 3 rings (SSSR count). The largest absolute Gasteiger partial charge is 0.381 e. The minimum absolute atomic E-state index is 0.831. The summed E-state index contributed by atoms with van der Waals surface area (Å²) in [6.07, 6.45) is 0. The first-order valence-electron chi connectivity index (χ1n) is 6.56. The van der Waals surface area contributed by atoms with Crippen molar-refractivity contribution in [2.45, 2.75) is 6.54 Å². The summed E-state index contributed by atoms with van der Waals surface area (Å²) < 4.78 is 1.22. The van der Waals surface area contributed by atoms with Gasteiger partial charge in [-0.25, -0.2) is 4.98 Å². The summed E-state index contributed by atoms with van der Waals surface area (Å²) in [5.74, 6) is 0. The van der Waals surface area contributed by atoms with E-state index in [1.807, 2.05) is 5.51 Å². The summed E-state index contributed by atoms with van der Waals surface area (Å²) in [5.41, 5.74) is 6.59. The van der Waals surface area contributed by atoms with Crippen LogP contribution in [0.1, 0.15) is 5.56 Å². The van der Waals surface area contributed by atoms with Gasteiger partial charge in [-0.15, -0.1) is 11.3 Å². The molecule has 3 nitrogen and oxygen atoms in total. The Balaban J connectivity index is 1.69. The van der Waals surface area contributed by atoms with Crippen molar-refractivity contribution < 1.29 is 0 Å². The standard InChI is InChI=1S/C16H17N3S/c1-19(2)14-6-3-12(4-7-14)10-17-13-5-8-15-16(9-13)20-11-18-15/h3-9,11,17H,10H2,1-2H3. The van der Waals surface area contributed by atoms with E-state index in [1.54, 1.807) is 11.3 Å². The molecule has 0 radical (unpaired) electrons. The minimum Gasteiger partial charge on any atom is -0.381 e. The van der Waals surface area contributed by atoms with E-state index in [2.05, 4.69) is 71.8 Å². The van der Waals surface area contributed by atoms with E-state index in [0.717, 1.165) is 17.7 Å². The Morgan fingerprint density at radius 2 is 1.90 bits per heavy atom. The highest BCUT2D eigenvalue weighted by molar-refractivity contribution is 7.16. The topological polar surface area (TPSA) is 28.2 Å². The first kappa shape index (κ1) is 12.9. The van der Waals surface area contributed by atoms with Crippen molar-refractivity contribution in [2.24, 2.45) is 0 Å². The normalized spacial score (nSPS) is 10.7. The zero-order valence-corrected chi connectivity index (χ0v) is 12.4. The highest BCUT2D eigenvalue weighted by atomic mass is 32.1. The van der Waals surface area contributed by atoms with Gasteiger partial charge in [0.25, 0.3) is 0 Å². The number of hydrogen-bond acceptors (Lipinski definition) is 4. The van der Waals surface area contributed by atoms with Crippen LogP contribution in [0.3, 0.4) is 0 Å². The van der Waals surface area contributed by atoms with Crippen molar-refractivity contribution in [1.82, 2.24) is 4.98 Å². The summed E-state index contributed by atoms with van der Waals surface area (Å²) in [5, 5.41) is 3.46. The van der Waals surface area contributed by atoms with Gasteiger partial charge < -0.3 is 10.2 Å². The van der Waals surface area contributed by atoms with E-state index >= 15 is 0 Å². The molecule has 0 aliphatic rings. The summed E-state index contributed by atoms with van der Waals surface area (Å²) >= 11 is 1.67. The number of hydrogen-bond donors (Lipinski definition) is 1. The van der Waals surface area contributed by atoms with Crippen molar-refractivity contribution in [1.29, 1.82) is 0 Å². The number of benzene rings is 2. The molecule has 0 atom stereocenters. The van der Waals surface area contributed by atoms with Gasteiger partial charge in [0.2, 0.25) is 0 Å². The zero-order valence-electron chi connectivity index (χ0n) is 11.6. The molecule has 0 bridgehead atoms. The van der Waals surface area contributed by atoms with Crippen LogP contribution in [0.4, 0.5) is 11.4 Å². The highest BCUT2D eigenvalue weighted by Gasteiger charge is 2.00. The lowest BCUT2D eigenvalue weighted by Crippen LogP contribution is -2.08. The number of nitrogens with one attached hydrogen (secondary N) is 1. The molecule has 0 unspecified atom stereocenters. The first-order chi connectivity index (χ1) is 9.72. The lowest BCUT2D eigenvalue weighted by atomic mass is 10.2. The lowest BCUT2D eigenvalue weighted by Gasteiger charge is -2.13. The molecule has 4 heteroatoms. The third-order valence-electron chi connectivity index (χ3n) is 3.28. The number of fused-ring (bicyclic) bond motifs is 1. The fourth-order valence-corrected chi connectivity index (χ4v) is 2.80. The quantitative estimate of drug-likeness (QED) is 0.785. The van der Waals surface area contributed by atoms with Crippen LogP contribution in [0.25, 0.3) is 10.2 Å². The molecule has 0 aliphatic heterocycles. The van der Waals surface area contributed by atoms with Crippen LogP contribution in [-0.4, -0.2) is 19.1 Å². The van der Waals surface area contributed by atoms with E-state index < -0.39 is 0 Å². The molecular weight excluding hydrogens is 266 g/mol. The molecule has 0 saturated heterocycles. The third kappa shape index (κ3) is 2.75. The number of anilines is 2. The fraction of sp³-hybridized carbons (Fsp3) is 0.188. The van der Waals surface area contributed by atoms with Crippen LogP contribution in [0.2, 0.25) is 0 Å². The Morgan fingerprint density at radius 1 is 1.10 bits per heavy atom. The van der Waals surface area contributed by atoms with E-state index in [9.17, 15) is 0 Å². The van der Waals surface area contributed by atoms with Gasteiger partial charge in [-0.3, -0.25) is 0 Å². The average Bonchev–Trinajstić information content (AvgIpc) is 2.93. The number of nitrogens with zero attached hydrogens (tertiary/aromatic N) is 2. The Hall–Kier alpha value is -2.07. The average molecular weight is 283 g/mol. The SMILES string of the molecule is CN(C)c1ccc(CNc2ccc3ncsc3c2)cc1. The third-order valence-corrected chi connectivity index (χ3v) is 4.07. The van der Waals surface area contributed by atoms with E-state index in [0.29, 0.717) is 0 Å². The molecule has 0 amide bonds. The van der Waals surface area contributed by atoms with E-state index in [-0.39, 0.29) is 0 Å². The molecule has 2 aromatic carbocycles. The Labute approximate surface area is 122 Å². The summed E-state index contributed by atoms with van der Waals surface area (Å²) in [4.78, 5) is 6.40. The second-order valence-corrected chi connectivity index (χ2v) is 5.84. The van der Waals surface area contributed by atoms with E-state index in [1.165, 1.54) is 16.0 Å². The van der Waals surface area contributed by atoms with Gasteiger partial charge in [-0.1, -0.05) is 12.1 Å². The van der Waals surface area contributed by atoms with Gasteiger partial charge in [-0.2, -0.15) is 0 Å². The maximum Gasteiger partial charge on any atom is 0.0813 e. The highest BCUT2D eigenvalue weighted by Crippen LogP contribution is 2.22. The molecule has 0 spiro atoms. The van der Waals surface area contributed by atoms with Crippen molar-refractivity contribution in [3.63, 3.8) is 0 Å². The molecule has 3 aromatic rings. The van der Waals surface area contributed by atoms with Crippen molar-refractivity contribution in [3.8, 4) is 0 Å². The van der Waals surface area contributed by atoms with Crippen molar-refractivity contribution >= 4 is 32.9 Å². The number of thiazole rings is 1. The van der Waals surface area contributed by atoms with Gasteiger partial charge in [0, 0.05) is 32.0 Å². The van der Waals surface area contributed by atoms with Gasteiger partial charge in [0.1, 0.15) is 0 Å². The molecule has 1 N–H and O–H groups in total. The Kier molecular flexibility index (Phi) is 3.56. The van der Waals surface area contributed by atoms with Crippen LogP contribution < -0.4 is 10.2 Å². The molecule has 1 aromatic heterocycles. The van der Waals surface area contributed by atoms with Crippen molar-refractivity contribution in [3.05, 3.63) is 53.5 Å². The predicted octanol–water partition coefficient (Wildman–Crippen LogP) is 3.97. The molecule has 0 saturated carbocycles. The van der Waals surface area contributed by atoms with Crippen LogP contribution in [0.15, 0.2) is 48.0 Å². The molecule has 1 heterocycles. The molecule has 0 fully saturated rings. The minimum atomic E-state index is 0.831. The molecular formula is C16H17N3S. The zero-order chi connectivity index (χ0) is 13.9. The van der Waals surface area contributed by atoms with Gasteiger partial charge in [0.15, 0.2) is 0 Å². The molecule has 102 valence electrons. The van der Waals surface area contributed by atoms with Gasteiger partial charge in [0.05, 0.1) is 15.7 Å². The summed E-state index contributed by atoms with van der Waals surface area (Å²) in [7, 11) is 4.11. The van der Waals surface area contributed by atoms with Gasteiger partial charge in [-0.05, 0) is 35.9 Å². The molecule has 20 heavy (non-hydrogen) atoms. The predicted molar refractivity (Wildman–Crippen MR) is 87.7 cm³/mol.